The monoisotopic (exact) mass is 598 g/mol. The molecule has 43 heavy (non-hydrogen) atoms. The molecule has 6 nitrogen and oxygen atoms in total. The number of rotatable bonds is 9. The third-order valence-electron chi connectivity index (χ3n) is 8.74. The summed E-state index contributed by atoms with van der Waals surface area (Å²) in [4.78, 5) is 18.6. The van der Waals surface area contributed by atoms with Gasteiger partial charge in [0.2, 0.25) is 0 Å². The molecule has 2 aliphatic rings. The van der Waals surface area contributed by atoms with Gasteiger partial charge in [0.1, 0.15) is 5.75 Å². The highest BCUT2D eigenvalue weighted by Crippen LogP contribution is 2.40. The van der Waals surface area contributed by atoms with Crippen LogP contribution in [-0.2, 0) is 16.6 Å². The van der Waals surface area contributed by atoms with Gasteiger partial charge in [-0.15, -0.1) is 11.3 Å². The van der Waals surface area contributed by atoms with Gasteiger partial charge in [-0.3, -0.25) is 4.79 Å². The highest BCUT2D eigenvalue weighted by atomic mass is 32.1. The Kier molecular flexibility index (Phi) is 8.59. The van der Waals surface area contributed by atoms with Gasteiger partial charge < -0.3 is 10.1 Å². The molecule has 0 saturated carbocycles. The SMILES string of the molecule is C=C1CCC(c2ccc(OCCCCN3N=C(c4ccc(CC)c5nc(C(C)(C)C)sc45)C(C)(C)C3=O)c(C)c2C)=CN1. The lowest BCUT2D eigenvalue weighted by molar-refractivity contribution is -0.135. The average molecular weight is 599 g/mol. The van der Waals surface area contributed by atoms with E-state index in [1.807, 2.05) is 13.8 Å². The molecule has 0 unspecified atom stereocenters. The second kappa shape index (κ2) is 11.9. The highest BCUT2D eigenvalue weighted by Gasteiger charge is 2.44. The number of fused-ring (bicyclic) bond motifs is 1. The van der Waals surface area contributed by atoms with E-state index in [0.29, 0.717) is 13.2 Å². The molecule has 0 aliphatic carbocycles. The van der Waals surface area contributed by atoms with Crippen LogP contribution in [0.2, 0.25) is 0 Å². The molecular formula is C36H46N4O2S. The molecule has 228 valence electrons. The molecule has 0 saturated heterocycles. The van der Waals surface area contributed by atoms with E-state index in [1.54, 1.807) is 16.3 Å². The van der Waals surface area contributed by atoms with E-state index in [4.69, 9.17) is 14.8 Å². The predicted octanol–water partition coefficient (Wildman–Crippen LogP) is 8.44. The first kappa shape index (κ1) is 31.0. The summed E-state index contributed by atoms with van der Waals surface area (Å²) < 4.78 is 7.34. The number of aromatic nitrogens is 1. The number of amides is 1. The van der Waals surface area contributed by atoms with Crippen molar-refractivity contribution in [3.05, 3.63) is 75.6 Å². The minimum absolute atomic E-state index is 0.0391. The number of carbonyl (C=O) groups excluding carboxylic acids is 1. The number of nitrogens with one attached hydrogen (secondary N) is 1. The lowest BCUT2D eigenvalue weighted by Gasteiger charge is -2.21. The summed E-state index contributed by atoms with van der Waals surface area (Å²) in [6, 6.07) is 8.55. The number of allylic oxidation sites excluding steroid dienone is 2. The van der Waals surface area contributed by atoms with Crippen LogP contribution in [0.5, 0.6) is 5.75 Å². The van der Waals surface area contributed by atoms with Crippen molar-refractivity contribution >= 4 is 38.7 Å². The topological polar surface area (TPSA) is 66.8 Å². The molecule has 5 rings (SSSR count). The number of ether oxygens (including phenoxy) is 1. The number of hydrogen-bond donors (Lipinski definition) is 1. The molecule has 3 heterocycles. The first-order valence-corrected chi connectivity index (χ1v) is 16.4. The Hall–Kier alpha value is -3.45. The van der Waals surface area contributed by atoms with Crippen molar-refractivity contribution in [2.75, 3.05) is 13.2 Å². The molecule has 2 aliphatic heterocycles. The molecule has 3 aromatic rings. The fourth-order valence-electron chi connectivity index (χ4n) is 5.79. The van der Waals surface area contributed by atoms with Crippen LogP contribution in [0.25, 0.3) is 15.8 Å². The second-order valence-electron chi connectivity index (χ2n) is 13.4. The number of benzene rings is 2. The Morgan fingerprint density at radius 1 is 1.07 bits per heavy atom. The molecule has 7 heteroatoms. The van der Waals surface area contributed by atoms with Crippen LogP contribution in [0.1, 0.15) is 100 Å². The fourth-order valence-corrected chi connectivity index (χ4v) is 6.97. The molecular weight excluding hydrogens is 552 g/mol. The van der Waals surface area contributed by atoms with Gasteiger partial charge in [0.05, 0.1) is 33.0 Å². The first-order valence-electron chi connectivity index (χ1n) is 15.5. The van der Waals surface area contributed by atoms with Crippen molar-refractivity contribution in [2.24, 2.45) is 10.5 Å². The van der Waals surface area contributed by atoms with E-state index in [0.717, 1.165) is 70.1 Å². The number of hydrogen-bond acceptors (Lipinski definition) is 6. The van der Waals surface area contributed by atoms with Crippen molar-refractivity contribution < 1.29 is 9.53 Å². The lowest BCUT2D eigenvalue weighted by Crippen LogP contribution is -2.35. The van der Waals surface area contributed by atoms with E-state index in [2.05, 4.69) is 83.9 Å². The largest absolute Gasteiger partial charge is 0.493 e. The highest BCUT2D eigenvalue weighted by molar-refractivity contribution is 7.19. The van der Waals surface area contributed by atoms with Crippen molar-refractivity contribution in [3.8, 4) is 5.75 Å². The van der Waals surface area contributed by atoms with Crippen LogP contribution < -0.4 is 10.1 Å². The molecule has 0 atom stereocenters. The van der Waals surface area contributed by atoms with E-state index in [1.165, 1.54) is 27.8 Å². The molecule has 1 aromatic heterocycles. The average Bonchev–Trinajstić information content (AvgIpc) is 3.51. The van der Waals surface area contributed by atoms with Crippen molar-refractivity contribution in [1.29, 1.82) is 0 Å². The lowest BCUT2D eigenvalue weighted by atomic mass is 9.83. The van der Waals surface area contributed by atoms with Crippen molar-refractivity contribution in [1.82, 2.24) is 15.3 Å². The van der Waals surface area contributed by atoms with Crippen molar-refractivity contribution in [3.63, 3.8) is 0 Å². The summed E-state index contributed by atoms with van der Waals surface area (Å²) in [5.74, 6) is 0.973. The maximum Gasteiger partial charge on any atom is 0.254 e. The summed E-state index contributed by atoms with van der Waals surface area (Å²) in [5, 5.41) is 11.0. The summed E-state index contributed by atoms with van der Waals surface area (Å²) in [6.07, 6.45) is 6.61. The van der Waals surface area contributed by atoms with Gasteiger partial charge >= 0.3 is 0 Å². The number of thiazole rings is 1. The van der Waals surface area contributed by atoms with Gasteiger partial charge in [-0.25, -0.2) is 9.99 Å². The van der Waals surface area contributed by atoms with Crippen molar-refractivity contribution in [2.45, 2.75) is 92.9 Å². The number of aryl methyl sites for hydroxylation is 1. The smallest absolute Gasteiger partial charge is 0.254 e. The van der Waals surface area contributed by atoms with E-state index in [9.17, 15) is 4.79 Å². The van der Waals surface area contributed by atoms with E-state index in [-0.39, 0.29) is 11.3 Å². The van der Waals surface area contributed by atoms with E-state index < -0.39 is 5.41 Å². The van der Waals surface area contributed by atoms with Gasteiger partial charge in [0.15, 0.2) is 0 Å². The molecule has 0 fully saturated rings. The fraction of sp³-hybridized carbons (Fsp3) is 0.472. The molecule has 1 amide bonds. The third kappa shape index (κ3) is 6.01. The minimum Gasteiger partial charge on any atom is -0.493 e. The third-order valence-corrected chi connectivity index (χ3v) is 10.3. The predicted molar refractivity (Wildman–Crippen MR) is 180 cm³/mol. The van der Waals surface area contributed by atoms with Gasteiger partial charge in [-0.1, -0.05) is 52.5 Å². The van der Waals surface area contributed by atoms with Crippen LogP contribution in [0.15, 0.2) is 47.8 Å². The second-order valence-corrected chi connectivity index (χ2v) is 14.4. The summed E-state index contributed by atoms with van der Waals surface area (Å²) in [5.41, 5.74) is 9.48. The van der Waals surface area contributed by atoms with Crippen LogP contribution in [0.4, 0.5) is 0 Å². The molecule has 1 N–H and O–H groups in total. The standard InChI is InChI=1S/C36H46N4O2S/c1-10-25-15-16-28(31-30(25)38-33(43-31)35(5,6)7)32-36(8,9)34(41)40(39-32)19-11-12-20-42-29-18-17-27(23(3)24(29)4)26-14-13-22(2)37-21-26/h15-18,21,37H,2,10-14,19-20H2,1,3-9H3. The van der Waals surface area contributed by atoms with Crippen LogP contribution in [0.3, 0.4) is 0 Å². The van der Waals surface area contributed by atoms with E-state index >= 15 is 0 Å². The number of nitrogens with zero attached hydrogens (tertiary/aromatic N) is 3. The zero-order chi connectivity index (χ0) is 31.1. The molecule has 2 aromatic carbocycles. The normalized spacial score (nSPS) is 16.9. The number of unbranched alkanes of at least 4 members (excludes halogenated alkanes) is 1. The Bertz CT molecular complexity index is 1640. The van der Waals surface area contributed by atoms with Gasteiger partial charge in [0.25, 0.3) is 5.91 Å². The molecule has 0 radical (unpaired) electrons. The Balaban J connectivity index is 1.25. The molecule has 0 spiro atoms. The van der Waals surface area contributed by atoms with Crippen LogP contribution in [-0.4, -0.2) is 34.8 Å². The van der Waals surface area contributed by atoms with Gasteiger partial charge in [-0.05, 0) is 93.7 Å². The summed E-state index contributed by atoms with van der Waals surface area (Å²) in [6.45, 7) is 22.2. The maximum atomic E-state index is 13.5. The van der Waals surface area contributed by atoms with Gasteiger partial charge in [-0.2, -0.15) is 5.10 Å². The first-order chi connectivity index (χ1) is 20.3. The zero-order valence-electron chi connectivity index (χ0n) is 27.1. The quantitative estimate of drug-likeness (QED) is 0.251. The molecule has 0 bridgehead atoms. The minimum atomic E-state index is -0.698. The van der Waals surface area contributed by atoms with Gasteiger partial charge in [0, 0.05) is 29.4 Å². The Labute approximate surface area is 260 Å². The maximum absolute atomic E-state index is 13.5. The Morgan fingerprint density at radius 3 is 2.49 bits per heavy atom. The Morgan fingerprint density at radius 2 is 1.81 bits per heavy atom. The van der Waals surface area contributed by atoms with Crippen LogP contribution >= 0.6 is 11.3 Å². The number of hydrazone groups is 1. The van der Waals surface area contributed by atoms with Crippen LogP contribution in [0, 0.1) is 19.3 Å². The zero-order valence-corrected chi connectivity index (χ0v) is 27.9. The summed E-state index contributed by atoms with van der Waals surface area (Å²) >= 11 is 1.74. The summed E-state index contributed by atoms with van der Waals surface area (Å²) in [7, 11) is 0. The number of carbonyl (C=O) groups is 1.